The average molecular weight is 478 g/mol. The van der Waals surface area contributed by atoms with Gasteiger partial charge in [-0.3, -0.25) is 13.9 Å². The van der Waals surface area contributed by atoms with Crippen molar-refractivity contribution in [1.82, 2.24) is 10.2 Å². The maximum atomic E-state index is 13.3. The molecule has 0 spiro atoms. The maximum Gasteiger partial charge on any atom is 0.242 e. The van der Waals surface area contributed by atoms with Gasteiger partial charge in [0, 0.05) is 26.6 Å². The summed E-state index contributed by atoms with van der Waals surface area (Å²) >= 11 is 0. The van der Waals surface area contributed by atoms with Gasteiger partial charge in [-0.15, -0.1) is 0 Å². The minimum absolute atomic E-state index is 0.0621. The molecule has 0 bridgehead atoms. The van der Waals surface area contributed by atoms with Crippen LogP contribution in [0.3, 0.4) is 0 Å². The summed E-state index contributed by atoms with van der Waals surface area (Å²) in [6.45, 7) is 4.01. The number of anilines is 1. The quantitative estimate of drug-likeness (QED) is 0.538. The van der Waals surface area contributed by atoms with Crippen molar-refractivity contribution in [3.8, 4) is 0 Å². The fourth-order valence-electron chi connectivity index (χ4n) is 3.59. The molecular weight excluding hydrogens is 445 g/mol. The molecule has 0 aromatic heterocycles. The first-order valence-corrected chi connectivity index (χ1v) is 12.7. The first kappa shape index (κ1) is 26.3. The van der Waals surface area contributed by atoms with E-state index in [4.69, 9.17) is 0 Å². The summed E-state index contributed by atoms with van der Waals surface area (Å²) in [7, 11) is -2.02. The van der Waals surface area contributed by atoms with Crippen LogP contribution in [0.15, 0.2) is 48.5 Å². The fourth-order valence-corrected chi connectivity index (χ4v) is 4.55. The van der Waals surface area contributed by atoms with E-state index in [9.17, 15) is 22.4 Å². The summed E-state index contributed by atoms with van der Waals surface area (Å²) in [5.74, 6) is -0.940. The van der Waals surface area contributed by atoms with Crippen molar-refractivity contribution in [3.05, 3.63) is 65.5 Å². The summed E-state index contributed by atoms with van der Waals surface area (Å²) in [6, 6.07) is 12.2. The molecular formula is C24H32FN3O4S. The SMILES string of the molecule is CCC(C(=O)NC)N(Cc1ccc(F)cc1)C(=O)CCCN(c1ccc(C)cc1)S(C)(=O)=O. The highest BCUT2D eigenvalue weighted by molar-refractivity contribution is 7.92. The predicted octanol–water partition coefficient (Wildman–Crippen LogP) is 3.23. The number of hydrogen-bond acceptors (Lipinski definition) is 4. The Kier molecular flexibility index (Phi) is 9.40. The molecule has 1 unspecified atom stereocenters. The first-order chi connectivity index (χ1) is 15.6. The number of carbonyl (C=O) groups excluding carboxylic acids is 2. The Morgan fingerprint density at radius 3 is 2.18 bits per heavy atom. The van der Waals surface area contributed by atoms with Crippen molar-refractivity contribution < 1.29 is 22.4 Å². The minimum atomic E-state index is -3.53. The Hall–Kier alpha value is -2.94. The molecule has 2 amide bonds. The second-order valence-corrected chi connectivity index (χ2v) is 9.87. The third-order valence-corrected chi connectivity index (χ3v) is 6.57. The number of benzene rings is 2. The van der Waals surface area contributed by atoms with Crippen molar-refractivity contribution >= 4 is 27.5 Å². The summed E-state index contributed by atoms with van der Waals surface area (Å²) in [5, 5.41) is 2.59. The van der Waals surface area contributed by atoms with Crippen LogP contribution in [0, 0.1) is 12.7 Å². The average Bonchev–Trinajstić information content (AvgIpc) is 2.77. The van der Waals surface area contributed by atoms with Crippen LogP contribution in [0.4, 0.5) is 10.1 Å². The molecule has 180 valence electrons. The number of nitrogens with zero attached hydrogens (tertiary/aromatic N) is 2. The van der Waals surface area contributed by atoms with Crippen LogP contribution in [0.25, 0.3) is 0 Å². The third kappa shape index (κ3) is 7.56. The summed E-state index contributed by atoms with van der Waals surface area (Å²) < 4.78 is 39.2. The third-order valence-electron chi connectivity index (χ3n) is 5.37. The van der Waals surface area contributed by atoms with Crippen molar-refractivity contribution in [3.63, 3.8) is 0 Å². The molecule has 33 heavy (non-hydrogen) atoms. The number of nitrogens with one attached hydrogen (secondary N) is 1. The molecule has 0 aliphatic heterocycles. The van der Waals surface area contributed by atoms with Crippen LogP contribution in [0.1, 0.15) is 37.3 Å². The molecule has 0 heterocycles. The van der Waals surface area contributed by atoms with Gasteiger partial charge < -0.3 is 10.2 Å². The lowest BCUT2D eigenvalue weighted by atomic mass is 10.1. The van der Waals surface area contributed by atoms with Gasteiger partial charge in [-0.1, -0.05) is 36.8 Å². The molecule has 0 fully saturated rings. The molecule has 0 aliphatic rings. The Morgan fingerprint density at radius 2 is 1.67 bits per heavy atom. The zero-order valence-corrected chi connectivity index (χ0v) is 20.4. The second kappa shape index (κ2) is 11.8. The monoisotopic (exact) mass is 477 g/mol. The highest BCUT2D eigenvalue weighted by Crippen LogP contribution is 2.20. The van der Waals surface area contributed by atoms with Gasteiger partial charge in [-0.2, -0.15) is 0 Å². The number of sulfonamides is 1. The lowest BCUT2D eigenvalue weighted by Crippen LogP contribution is -2.48. The van der Waals surface area contributed by atoms with Gasteiger partial charge in [0.2, 0.25) is 21.8 Å². The maximum absolute atomic E-state index is 13.3. The van der Waals surface area contributed by atoms with E-state index in [1.54, 1.807) is 24.3 Å². The molecule has 2 rings (SSSR count). The normalized spacial score (nSPS) is 12.2. The zero-order valence-electron chi connectivity index (χ0n) is 19.5. The van der Waals surface area contributed by atoms with Crippen LogP contribution >= 0.6 is 0 Å². The molecule has 9 heteroatoms. The topological polar surface area (TPSA) is 86.8 Å². The molecule has 0 aliphatic carbocycles. The van der Waals surface area contributed by atoms with Crippen molar-refractivity contribution in [2.24, 2.45) is 0 Å². The van der Waals surface area contributed by atoms with E-state index in [-0.39, 0.29) is 43.6 Å². The number of halogens is 1. The summed E-state index contributed by atoms with van der Waals surface area (Å²) in [6.07, 6.45) is 1.89. The highest BCUT2D eigenvalue weighted by atomic mass is 32.2. The van der Waals surface area contributed by atoms with Crippen LogP contribution in [0.2, 0.25) is 0 Å². The number of aryl methyl sites for hydroxylation is 1. The predicted molar refractivity (Wildman–Crippen MR) is 128 cm³/mol. The summed E-state index contributed by atoms with van der Waals surface area (Å²) in [5.41, 5.74) is 2.25. The lowest BCUT2D eigenvalue weighted by molar-refractivity contribution is -0.141. The zero-order chi connectivity index (χ0) is 24.6. The molecule has 1 N–H and O–H groups in total. The van der Waals surface area contributed by atoms with Crippen molar-refractivity contribution in [1.29, 1.82) is 0 Å². The first-order valence-electron chi connectivity index (χ1n) is 10.9. The van der Waals surface area contributed by atoms with Crippen LogP contribution in [-0.2, 0) is 26.2 Å². The van der Waals surface area contributed by atoms with Crippen molar-refractivity contribution in [2.45, 2.75) is 45.7 Å². The molecule has 2 aromatic carbocycles. The van der Waals surface area contributed by atoms with E-state index >= 15 is 0 Å². The fraction of sp³-hybridized carbons (Fsp3) is 0.417. The Balaban J connectivity index is 2.17. The standard InChI is InChI=1S/C24H32FN3O4S/c1-5-22(24(30)26-3)27(17-19-10-12-20(25)13-11-19)23(29)7-6-16-28(33(4,31)32)21-14-8-18(2)9-15-21/h8-15,22H,5-7,16-17H2,1-4H3,(H,26,30). The highest BCUT2D eigenvalue weighted by Gasteiger charge is 2.28. The van der Waals surface area contributed by atoms with Gasteiger partial charge in [0.1, 0.15) is 11.9 Å². The van der Waals surface area contributed by atoms with Gasteiger partial charge >= 0.3 is 0 Å². The molecule has 0 saturated heterocycles. The summed E-state index contributed by atoms with van der Waals surface area (Å²) in [4.78, 5) is 27.0. The van der Waals surface area contributed by atoms with E-state index in [1.807, 2.05) is 26.0 Å². The van der Waals surface area contributed by atoms with Gasteiger partial charge in [0.25, 0.3) is 0 Å². The Labute approximate surface area is 195 Å². The van der Waals surface area contributed by atoms with Gasteiger partial charge in [-0.05, 0) is 49.6 Å². The van der Waals surface area contributed by atoms with E-state index in [0.717, 1.165) is 11.8 Å². The number of likely N-dealkylation sites (N-methyl/N-ethyl adjacent to an activating group) is 1. The lowest BCUT2D eigenvalue weighted by Gasteiger charge is -2.30. The number of rotatable bonds is 11. The van der Waals surface area contributed by atoms with E-state index in [1.165, 1.54) is 28.4 Å². The van der Waals surface area contributed by atoms with E-state index in [2.05, 4.69) is 5.32 Å². The van der Waals surface area contributed by atoms with E-state index in [0.29, 0.717) is 17.7 Å². The van der Waals surface area contributed by atoms with Gasteiger partial charge in [0.15, 0.2) is 0 Å². The number of hydrogen-bond donors (Lipinski definition) is 1. The Morgan fingerprint density at radius 1 is 1.06 bits per heavy atom. The van der Waals surface area contributed by atoms with Crippen molar-refractivity contribution in [2.75, 3.05) is 24.2 Å². The van der Waals surface area contributed by atoms with Crippen LogP contribution < -0.4 is 9.62 Å². The second-order valence-electron chi connectivity index (χ2n) is 7.96. The number of amides is 2. The molecule has 7 nitrogen and oxygen atoms in total. The molecule has 0 radical (unpaired) electrons. The molecule has 0 saturated carbocycles. The Bertz CT molecular complexity index is 1040. The molecule has 1 atom stereocenters. The van der Waals surface area contributed by atoms with Crippen LogP contribution in [-0.4, -0.2) is 51.0 Å². The number of carbonyl (C=O) groups is 2. The smallest absolute Gasteiger partial charge is 0.242 e. The minimum Gasteiger partial charge on any atom is -0.357 e. The van der Waals surface area contributed by atoms with Gasteiger partial charge in [0.05, 0.1) is 11.9 Å². The van der Waals surface area contributed by atoms with Gasteiger partial charge in [-0.25, -0.2) is 12.8 Å². The molecule has 2 aromatic rings. The largest absolute Gasteiger partial charge is 0.357 e. The van der Waals surface area contributed by atoms with Crippen LogP contribution in [0.5, 0.6) is 0 Å². The van der Waals surface area contributed by atoms with E-state index < -0.39 is 16.1 Å².